The Morgan fingerprint density at radius 2 is 1.73 bits per heavy atom. The number of carbonyl (C=O) groups excluding carboxylic acids is 2. The van der Waals surface area contributed by atoms with Gasteiger partial charge in [-0.25, -0.2) is 14.4 Å². The van der Waals surface area contributed by atoms with Crippen molar-refractivity contribution < 1.29 is 29.0 Å². The second-order valence-corrected chi connectivity index (χ2v) is 5.37. The van der Waals surface area contributed by atoms with Crippen LogP contribution in [-0.4, -0.2) is 37.2 Å². The molecule has 8 nitrogen and oxygen atoms in total. The lowest BCUT2D eigenvalue weighted by molar-refractivity contribution is -0.136. The summed E-state index contributed by atoms with van der Waals surface area (Å²) in [6.07, 6.45) is 0. The monoisotopic (exact) mass is 356 g/mol. The number of methoxy groups -OCH3 is 2. The van der Waals surface area contributed by atoms with Crippen LogP contribution in [0.2, 0.25) is 0 Å². The zero-order chi connectivity index (χ0) is 19.4. The molecule has 8 heteroatoms. The fourth-order valence-electron chi connectivity index (χ4n) is 2.88. The fraction of sp³-hybridized carbons (Fsp3) is 0.222. The van der Waals surface area contributed by atoms with Gasteiger partial charge in [-0.1, -0.05) is 18.2 Å². The number of allylic oxidation sites excluding steroid dienone is 2. The molecule has 0 saturated heterocycles. The molecule has 134 valence electrons. The lowest BCUT2D eigenvalue weighted by Gasteiger charge is -2.29. The zero-order valence-corrected chi connectivity index (χ0v) is 14.3. The van der Waals surface area contributed by atoms with Crippen LogP contribution in [0, 0.1) is 11.3 Å². The molecule has 0 saturated carbocycles. The number of nitrogens with zero attached hydrogens (tertiary/aromatic N) is 1. The number of nitrogens with one attached hydrogen (secondary N) is 1. The highest BCUT2D eigenvalue weighted by Gasteiger charge is 2.40. The van der Waals surface area contributed by atoms with Crippen molar-refractivity contribution in [3.05, 3.63) is 57.9 Å². The minimum Gasteiger partial charge on any atom is -0.478 e. The summed E-state index contributed by atoms with van der Waals surface area (Å²) in [5.41, 5.74) is 0.0170. The zero-order valence-electron chi connectivity index (χ0n) is 14.3. The summed E-state index contributed by atoms with van der Waals surface area (Å²) in [5, 5.41) is 21.7. The van der Waals surface area contributed by atoms with Gasteiger partial charge in [0.1, 0.15) is 11.8 Å². The first-order chi connectivity index (χ1) is 12.4. The highest BCUT2D eigenvalue weighted by molar-refractivity contribution is 6.01. The molecule has 1 aliphatic heterocycles. The number of carbonyl (C=O) groups is 3. The van der Waals surface area contributed by atoms with Gasteiger partial charge in [0.2, 0.25) is 0 Å². The van der Waals surface area contributed by atoms with Gasteiger partial charge >= 0.3 is 17.9 Å². The predicted octanol–water partition coefficient (Wildman–Crippen LogP) is 1.47. The first-order valence-corrected chi connectivity index (χ1v) is 7.48. The molecular weight excluding hydrogens is 340 g/mol. The Balaban J connectivity index is 2.86. The average Bonchev–Trinajstić information content (AvgIpc) is 2.65. The van der Waals surface area contributed by atoms with Crippen LogP contribution in [0.3, 0.4) is 0 Å². The van der Waals surface area contributed by atoms with Crippen LogP contribution in [-0.2, 0) is 19.1 Å². The van der Waals surface area contributed by atoms with Crippen molar-refractivity contribution in [2.45, 2.75) is 12.8 Å². The number of esters is 2. The van der Waals surface area contributed by atoms with E-state index < -0.39 is 23.8 Å². The molecule has 0 aliphatic carbocycles. The van der Waals surface area contributed by atoms with Gasteiger partial charge in [0.05, 0.1) is 36.8 Å². The minimum atomic E-state index is -1.29. The van der Waals surface area contributed by atoms with E-state index in [1.165, 1.54) is 26.2 Å². The van der Waals surface area contributed by atoms with Crippen molar-refractivity contribution in [2.75, 3.05) is 14.2 Å². The van der Waals surface area contributed by atoms with E-state index in [0.29, 0.717) is 0 Å². The lowest BCUT2D eigenvalue weighted by Crippen LogP contribution is -2.32. The van der Waals surface area contributed by atoms with Crippen LogP contribution in [0.1, 0.15) is 28.8 Å². The number of hydrogen-bond acceptors (Lipinski definition) is 7. The molecule has 1 atom stereocenters. The summed E-state index contributed by atoms with van der Waals surface area (Å²) in [6, 6.07) is 7.99. The maximum absolute atomic E-state index is 12.3. The number of benzene rings is 1. The van der Waals surface area contributed by atoms with Gasteiger partial charge in [0.25, 0.3) is 0 Å². The summed E-state index contributed by atoms with van der Waals surface area (Å²) >= 11 is 0. The van der Waals surface area contributed by atoms with Crippen LogP contribution >= 0.6 is 0 Å². The number of rotatable bonds is 4. The third kappa shape index (κ3) is 3.15. The molecule has 1 heterocycles. The molecule has 2 rings (SSSR count). The molecule has 0 radical (unpaired) electrons. The Kier molecular flexibility index (Phi) is 5.42. The van der Waals surface area contributed by atoms with Crippen molar-refractivity contribution in [1.82, 2.24) is 5.32 Å². The van der Waals surface area contributed by atoms with Gasteiger partial charge in [-0.15, -0.1) is 0 Å². The van der Waals surface area contributed by atoms with Crippen molar-refractivity contribution in [3.8, 4) is 6.07 Å². The van der Waals surface area contributed by atoms with Crippen LogP contribution in [0.4, 0.5) is 0 Å². The van der Waals surface area contributed by atoms with Crippen molar-refractivity contribution in [3.63, 3.8) is 0 Å². The normalized spacial score (nSPS) is 16.5. The van der Waals surface area contributed by atoms with Gasteiger partial charge in [0, 0.05) is 5.70 Å². The first-order valence-electron chi connectivity index (χ1n) is 7.48. The summed E-state index contributed by atoms with van der Waals surface area (Å²) in [5.74, 6) is -4.03. The third-order valence-electron chi connectivity index (χ3n) is 3.99. The second kappa shape index (κ2) is 7.53. The Hall–Kier alpha value is -3.60. The van der Waals surface area contributed by atoms with Gasteiger partial charge in [-0.3, -0.25) is 0 Å². The van der Waals surface area contributed by atoms with Crippen LogP contribution in [0.25, 0.3) is 0 Å². The summed E-state index contributed by atoms with van der Waals surface area (Å²) in [7, 11) is 2.32. The average molecular weight is 356 g/mol. The highest BCUT2D eigenvalue weighted by Crippen LogP contribution is 2.40. The van der Waals surface area contributed by atoms with Gasteiger partial charge < -0.3 is 19.9 Å². The summed E-state index contributed by atoms with van der Waals surface area (Å²) < 4.78 is 9.49. The van der Waals surface area contributed by atoms with Crippen molar-refractivity contribution in [2.24, 2.45) is 0 Å². The topological polar surface area (TPSA) is 126 Å². The second-order valence-electron chi connectivity index (χ2n) is 5.37. The van der Waals surface area contributed by atoms with E-state index in [1.807, 2.05) is 6.07 Å². The number of nitriles is 1. The van der Waals surface area contributed by atoms with Crippen LogP contribution < -0.4 is 5.32 Å². The quantitative estimate of drug-likeness (QED) is 0.777. The maximum atomic E-state index is 12.3. The molecule has 0 spiro atoms. The minimum absolute atomic E-state index is 0.0899. The largest absolute Gasteiger partial charge is 0.478 e. The highest BCUT2D eigenvalue weighted by atomic mass is 16.5. The SMILES string of the molecule is COC(=O)C1=C(C#N)NC(C)=C(C(=O)O)C1c1ccccc1C(=O)OC. The van der Waals surface area contributed by atoms with Gasteiger partial charge in [0.15, 0.2) is 0 Å². The maximum Gasteiger partial charge on any atom is 0.338 e. The van der Waals surface area contributed by atoms with E-state index in [4.69, 9.17) is 9.47 Å². The molecular formula is C18H16N2O6. The third-order valence-corrected chi connectivity index (χ3v) is 3.99. The van der Waals surface area contributed by atoms with Crippen LogP contribution in [0.15, 0.2) is 46.8 Å². The summed E-state index contributed by atoms with van der Waals surface area (Å²) in [6.45, 7) is 1.47. The van der Waals surface area contributed by atoms with Crippen LogP contribution in [0.5, 0.6) is 0 Å². The molecule has 2 N–H and O–H groups in total. The number of carboxylic acid groups (broad SMARTS) is 1. The van der Waals surface area contributed by atoms with Crippen molar-refractivity contribution >= 4 is 17.9 Å². The Bertz CT molecular complexity index is 891. The van der Waals surface area contributed by atoms with E-state index in [1.54, 1.807) is 12.1 Å². The van der Waals surface area contributed by atoms with E-state index in [2.05, 4.69) is 5.32 Å². The van der Waals surface area contributed by atoms with Crippen molar-refractivity contribution in [1.29, 1.82) is 5.26 Å². The molecule has 0 amide bonds. The van der Waals surface area contributed by atoms with Gasteiger partial charge in [-0.2, -0.15) is 5.26 Å². The predicted molar refractivity (Wildman–Crippen MR) is 88.6 cm³/mol. The Morgan fingerprint density at radius 1 is 1.12 bits per heavy atom. The lowest BCUT2D eigenvalue weighted by atomic mass is 9.78. The molecule has 1 aliphatic rings. The molecule has 0 aromatic heterocycles. The first kappa shape index (κ1) is 18.7. The fourth-order valence-corrected chi connectivity index (χ4v) is 2.88. The van der Waals surface area contributed by atoms with E-state index in [0.717, 1.165) is 7.11 Å². The van der Waals surface area contributed by atoms with E-state index in [-0.39, 0.29) is 33.7 Å². The molecule has 1 aromatic rings. The molecule has 0 fully saturated rings. The van der Waals surface area contributed by atoms with E-state index >= 15 is 0 Å². The molecule has 1 unspecified atom stereocenters. The number of aliphatic carboxylic acids is 1. The van der Waals surface area contributed by atoms with E-state index in [9.17, 15) is 24.8 Å². The number of dihydropyridines is 1. The standard InChI is InChI=1S/C18H16N2O6/c1-9-13(16(21)22)14(15(18(24)26-3)12(8-19)20-9)10-6-4-5-7-11(10)17(23)25-2/h4-7,14,20H,1-3H3,(H,21,22). The number of hydrogen-bond donors (Lipinski definition) is 2. The molecule has 1 aromatic carbocycles. The Morgan fingerprint density at radius 3 is 2.27 bits per heavy atom. The molecule has 0 bridgehead atoms. The van der Waals surface area contributed by atoms with Gasteiger partial charge in [-0.05, 0) is 18.6 Å². The smallest absolute Gasteiger partial charge is 0.338 e. The number of ether oxygens (including phenoxy) is 2. The Labute approximate surface area is 149 Å². The summed E-state index contributed by atoms with van der Waals surface area (Å²) in [4.78, 5) is 36.4. The number of carboxylic acids is 1. The molecule has 26 heavy (non-hydrogen) atoms.